The zero-order valence-electron chi connectivity index (χ0n) is 17.0. The van der Waals surface area contributed by atoms with Gasteiger partial charge in [-0.15, -0.1) is 0 Å². The third kappa shape index (κ3) is 6.15. The van der Waals surface area contributed by atoms with Crippen LogP contribution in [0.3, 0.4) is 0 Å². The van der Waals surface area contributed by atoms with Crippen LogP contribution in [0.1, 0.15) is 24.0 Å². The monoisotopic (exact) mass is 482 g/mol. The van der Waals surface area contributed by atoms with Crippen LogP contribution in [0.15, 0.2) is 46.9 Å². The van der Waals surface area contributed by atoms with E-state index in [9.17, 15) is 13.6 Å². The van der Waals surface area contributed by atoms with Gasteiger partial charge in [-0.05, 0) is 42.2 Å². The lowest BCUT2D eigenvalue weighted by Crippen LogP contribution is -2.39. The second-order valence-corrected chi connectivity index (χ2v) is 8.20. The third-order valence-corrected chi connectivity index (χ3v) is 5.80. The molecule has 0 spiro atoms. The second kappa shape index (κ2) is 10.2. The van der Waals surface area contributed by atoms with Gasteiger partial charge < -0.3 is 14.4 Å². The maximum atomic E-state index is 12.8. The molecule has 1 aliphatic carbocycles. The van der Waals surface area contributed by atoms with Crippen molar-refractivity contribution in [2.75, 3.05) is 20.7 Å². The summed E-state index contributed by atoms with van der Waals surface area (Å²) in [4.78, 5) is 16.7. The highest BCUT2D eigenvalue weighted by Gasteiger charge is 2.31. The molecule has 0 saturated heterocycles. The summed E-state index contributed by atoms with van der Waals surface area (Å²) in [7, 11) is 3.21. The Balaban J connectivity index is 1.65. The van der Waals surface area contributed by atoms with E-state index in [-0.39, 0.29) is 17.4 Å². The van der Waals surface area contributed by atoms with E-state index in [1.54, 1.807) is 24.1 Å². The first kappa shape index (κ1) is 22.5. The number of amides is 1. The molecular formula is C22H25BrF2N2O3. The molecule has 1 saturated carbocycles. The molecule has 1 fully saturated rings. The predicted octanol–water partition coefficient (Wildman–Crippen LogP) is 4.68. The molecule has 5 nitrogen and oxygen atoms in total. The lowest BCUT2D eigenvalue weighted by molar-refractivity contribution is -0.132. The molecule has 3 rings (SSSR count). The molecule has 0 radical (unpaired) electrons. The average Bonchev–Trinajstić information content (AvgIpc) is 3.55. The third-order valence-electron chi connectivity index (χ3n) is 5.02. The number of hydrogen-bond acceptors (Lipinski definition) is 4. The minimum atomic E-state index is -2.91. The van der Waals surface area contributed by atoms with Crippen LogP contribution in [0.2, 0.25) is 0 Å². The first-order chi connectivity index (χ1) is 14.4. The van der Waals surface area contributed by atoms with Crippen molar-refractivity contribution in [1.82, 2.24) is 9.80 Å². The smallest absolute Gasteiger partial charge is 0.387 e. The van der Waals surface area contributed by atoms with E-state index in [2.05, 4.69) is 25.6 Å². The van der Waals surface area contributed by atoms with Gasteiger partial charge in [0.15, 0.2) is 11.5 Å². The Morgan fingerprint density at radius 1 is 1.17 bits per heavy atom. The van der Waals surface area contributed by atoms with Crippen LogP contribution < -0.4 is 9.47 Å². The van der Waals surface area contributed by atoms with Gasteiger partial charge in [0.25, 0.3) is 0 Å². The standard InChI is InChI=1S/C22H25BrF2N2O3/c1-26(13-16-5-3-4-6-18(16)23)21(28)14-27(17-8-9-17)12-15-7-10-19(30-22(24)25)20(11-15)29-2/h3-7,10-11,17,22H,8-9,12-14H2,1-2H3. The van der Waals surface area contributed by atoms with Gasteiger partial charge in [0.2, 0.25) is 5.91 Å². The zero-order chi connectivity index (χ0) is 21.7. The first-order valence-electron chi connectivity index (χ1n) is 9.70. The quantitative estimate of drug-likeness (QED) is 0.492. The van der Waals surface area contributed by atoms with E-state index in [0.717, 1.165) is 28.4 Å². The summed E-state index contributed by atoms with van der Waals surface area (Å²) in [6.07, 6.45) is 2.09. The van der Waals surface area contributed by atoms with Crippen LogP contribution in [-0.2, 0) is 17.9 Å². The van der Waals surface area contributed by atoms with Gasteiger partial charge in [-0.2, -0.15) is 8.78 Å². The summed E-state index contributed by atoms with van der Waals surface area (Å²) in [5.74, 6) is 0.279. The minimum absolute atomic E-state index is 0.00142. The van der Waals surface area contributed by atoms with E-state index >= 15 is 0 Å². The van der Waals surface area contributed by atoms with Gasteiger partial charge in [0.1, 0.15) is 0 Å². The van der Waals surface area contributed by atoms with Crippen molar-refractivity contribution in [2.24, 2.45) is 0 Å². The Morgan fingerprint density at radius 2 is 1.90 bits per heavy atom. The number of benzene rings is 2. The number of carbonyl (C=O) groups is 1. The minimum Gasteiger partial charge on any atom is -0.493 e. The van der Waals surface area contributed by atoms with Crippen LogP contribution in [0.25, 0.3) is 0 Å². The molecule has 1 aliphatic rings. The number of likely N-dealkylation sites (N-methyl/N-ethyl adjacent to an activating group) is 1. The average molecular weight is 483 g/mol. The maximum absolute atomic E-state index is 12.8. The molecule has 8 heteroatoms. The van der Waals surface area contributed by atoms with Crippen molar-refractivity contribution < 1.29 is 23.0 Å². The molecule has 0 aliphatic heterocycles. The molecule has 0 N–H and O–H groups in total. The summed E-state index contributed by atoms with van der Waals surface area (Å²) in [6.45, 7) is -1.56. The summed E-state index contributed by atoms with van der Waals surface area (Å²) in [6, 6.07) is 13.1. The van der Waals surface area contributed by atoms with Crippen LogP contribution in [0.5, 0.6) is 11.5 Å². The van der Waals surface area contributed by atoms with Crippen molar-refractivity contribution >= 4 is 21.8 Å². The van der Waals surface area contributed by atoms with Gasteiger partial charge in [0, 0.05) is 30.7 Å². The van der Waals surface area contributed by atoms with Crippen LogP contribution in [-0.4, -0.2) is 49.1 Å². The molecular weight excluding hydrogens is 458 g/mol. The fraction of sp³-hybridized carbons (Fsp3) is 0.409. The first-order valence-corrected chi connectivity index (χ1v) is 10.5. The number of nitrogens with zero attached hydrogens (tertiary/aromatic N) is 2. The van der Waals surface area contributed by atoms with Crippen molar-refractivity contribution in [3.05, 3.63) is 58.1 Å². The number of alkyl halides is 2. The number of ether oxygens (including phenoxy) is 2. The predicted molar refractivity (Wildman–Crippen MR) is 114 cm³/mol. The number of carbonyl (C=O) groups excluding carboxylic acids is 1. The molecule has 2 aromatic rings. The number of methoxy groups -OCH3 is 1. The lowest BCUT2D eigenvalue weighted by atomic mass is 10.1. The van der Waals surface area contributed by atoms with Crippen molar-refractivity contribution in [1.29, 1.82) is 0 Å². The van der Waals surface area contributed by atoms with Crippen LogP contribution >= 0.6 is 15.9 Å². The molecule has 2 aromatic carbocycles. The summed E-state index contributed by atoms with van der Waals surface area (Å²) in [5, 5.41) is 0. The molecule has 0 atom stereocenters. The molecule has 0 unspecified atom stereocenters. The highest BCUT2D eigenvalue weighted by molar-refractivity contribution is 9.10. The second-order valence-electron chi connectivity index (χ2n) is 7.34. The normalized spacial score (nSPS) is 13.6. The van der Waals surface area contributed by atoms with E-state index in [4.69, 9.17) is 4.74 Å². The molecule has 30 heavy (non-hydrogen) atoms. The molecule has 1 amide bonds. The molecule has 0 aromatic heterocycles. The Bertz CT molecular complexity index is 877. The van der Waals surface area contributed by atoms with Gasteiger partial charge in [-0.3, -0.25) is 9.69 Å². The Morgan fingerprint density at radius 3 is 2.53 bits per heavy atom. The van der Waals surface area contributed by atoms with Crippen molar-refractivity contribution in [2.45, 2.75) is 38.6 Å². The highest BCUT2D eigenvalue weighted by Crippen LogP contribution is 2.32. The fourth-order valence-electron chi connectivity index (χ4n) is 3.26. The summed E-state index contributed by atoms with van der Waals surface area (Å²) >= 11 is 3.52. The van der Waals surface area contributed by atoms with E-state index in [0.29, 0.717) is 25.7 Å². The molecule has 0 heterocycles. The molecule has 0 bridgehead atoms. The number of hydrogen-bond donors (Lipinski definition) is 0. The van der Waals surface area contributed by atoms with Crippen molar-refractivity contribution in [3.63, 3.8) is 0 Å². The van der Waals surface area contributed by atoms with Crippen LogP contribution in [0.4, 0.5) is 8.78 Å². The number of rotatable bonds is 10. The largest absolute Gasteiger partial charge is 0.493 e. The highest BCUT2D eigenvalue weighted by atomic mass is 79.9. The van der Waals surface area contributed by atoms with E-state index < -0.39 is 6.61 Å². The molecule has 162 valence electrons. The Kier molecular flexibility index (Phi) is 7.66. The van der Waals surface area contributed by atoms with E-state index in [1.807, 2.05) is 24.3 Å². The van der Waals surface area contributed by atoms with Gasteiger partial charge in [-0.1, -0.05) is 40.2 Å². The topological polar surface area (TPSA) is 42.0 Å². The van der Waals surface area contributed by atoms with Gasteiger partial charge in [0.05, 0.1) is 13.7 Å². The van der Waals surface area contributed by atoms with Gasteiger partial charge >= 0.3 is 6.61 Å². The summed E-state index contributed by atoms with van der Waals surface area (Å²) < 4.78 is 35.7. The van der Waals surface area contributed by atoms with Crippen LogP contribution in [0, 0.1) is 0 Å². The van der Waals surface area contributed by atoms with Gasteiger partial charge in [-0.25, -0.2) is 0 Å². The number of halogens is 3. The Labute approximate surface area is 183 Å². The fourth-order valence-corrected chi connectivity index (χ4v) is 3.67. The lowest BCUT2D eigenvalue weighted by Gasteiger charge is -2.25. The zero-order valence-corrected chi connectivity index (χ0v) is 18.6. The SMILES string of the molecule is COc1cc(CN(CC(=O)N(C)Cc2ccccc2Br)C2CC2)ccc1OC(F)F. The Hall–Kier alpha value is -2.19. The van der Waals surface area contributed by atoms with E-state index in [1.165, 1.54) is 13.2 Å². The maximum Gasteiger partial charge on any atom is 0.387 e. The summed E-state index contributed by atoms with van der Waals surface area (Å²) in [5.41, 5.74) is 1.92. The van der Waals surface area contributed by atoms with Crippen molar-refractivity contribution in [3.8, 4) is 11.5 Å².